The zero-order valence-corrected chi connectivity index (χ0v) is 11.1. The van der Waals surface area contributed by atoms with Crippen molar-refractivity contribution in [1.29, 1.82) is 0 Å². The van der Waals surface area contributed by atoms with Gasteiger partial charge in [0, 0.05) is 17.8 Å². The fourth-order valence-corrected chi connectivity index (χ4v) is 1.77. The van der Waals surface area contributed by atoms with Gasteiger partial charge in [0.15, 0.2) is 6.10 Å². The lowest BCUT2D eigenvalue weighted by Crippen LogP contribution is -2.37. The first-order chi connectivity index (χ1) is 8.47. The average Bonchev–Trinajstić information content (AvgIpc) is 3.09. The third-order valence-electron chi connectivity index (χ3n) is 3.16. The van der Waals surface area contributed by atoms with Gasteiger partial charge in [-0.1, -0.05) is 6.07 Å². The predicted molar refractivity (Wildman–Crippen MR) is 71.6 cm³/mol. The van der Waals surface area contributed by atoms with E-state index in [0.717, 1.165) is 24.0 Å². The molecular formula is C14H20N2O2. The second-order valence-corrected chi connectivity index (χ2v) is 5.02. The summed E-state index contributed by atoms with van der Waals surface area (Å²) in [5.41, 5.74) is 8.55. The molecule has 1 amide bonds. The Morgan fingerprint density at radius 1 is 1.39 bits per heavy atom. The van der Waals surface area contributed by atoms with E-state index in [1.54, 1.807) is 13.0 Å². The normalized spacial score (nSPS) is 16.2. The Morgan fingerprint density at radius 2 is 2.06 bits per heavy atom. The molecule has 0 radical (unpaired) electrons. The lowest BCUT2D eigenvalue weighted by Gasteiger charge is -2.17. The Hall–Kier alpha value is -1.71. The summed E-state index contributed by atoms with van der Waals surface area (Å²) in [4.78, 5) is 11.8. The lowest BCUT2D eigenvalue weighted by atomic mass is 10.1. The van der Waals surface area contributed by atoms with Crippen molar-refractivity contribution in [3.63, 3.8) is 0 Å². The van der Waals surface area contributed by atoms with Gasteiger partial charge >= 0.3 is 0 Å². The third-order valence-corrected chi connectivity index (χ3v) is 3.16. The highest BCUT2D eigenvalue weighted by molar-refractivity contribution is 5.81. The van der Waals surface area contributed by atoms with Crippen LogP contribution in [-0.4, -0.2) is 18.1 Å². The standard InChI is InChI=1S/C14H20N2O2/c1-8-6-9(2)13(7-12(8)15)18-10(3)14(17)16-11-4-5-11/h6-7,10-11H,4-5,15H2,1-3H3,(H,16,17). The lowest BCUT2D eigenvalue weighted by molar-refractivity contribution is -0.127. The van der Waals surface area contributed by atoms with Crippen molar-refractivity contribution in [3.05, 3.63) is 23.3 Å². The van der Waals surface area contributed by atoms with Crippen LogP contribution in [0.5, 0.6) is 5.75 Å². The van der Waals surface area contributed by atoms with Gasteiger partial charge in [0.2, 0.25) is 0 Å². The van der Waals surface area contributed by atoms with Crippen LogP contribution in [0.3, 0.4) is 0 Å². The highest BCUT2D eigenvalue weighted by Crippen LogP contribution is 2.25. The van der Waals surface area contributed by atoms with Crippen molar-refractivity contribution >= 4 is 11.6 Å². The molecule has 1 aliphatic carbocycles. The summed E-state index contributed by atoms with van der Waals surface area (Å²) in [6, 6.07) is 4.11. The number of carbonyl (C=O) groups excluding carboxylic acids is 1. The van der Waals surface area contributed by atoms with Gasteiger partial charge in [-0.15, -0.1) is 0 Å². The molecule has 98 valence electrons. The highest BCUT2D eigenvalue weighted by atomic mass is 16.5. The topological polar surface area (TPSA) is 64.3 Å². The quantitative estimate of drug-likeness (QED) is 0.800. The molecule has 1 aromatic rings. The maximum Gasteiger partial charge on any atom is 0.260 e. The number of ether oxygens (including phenoxy) is 1. The maximum atomic E-state index is 11.8. The Labute approximate surface area is 108 Å². The molecule has 0 heterocycles. The molecule has 1 unspecified atom stereocenters. The van der Waals surface area contributed by atoms with Gasteiger partial charge in [0.25, 0.3) is 5.91 Å². The van der Waals surface area contributed by atoms with Crippen LogP contribution in [0.2, 0.25) is 0 Å². The van der Waals surface area contributed by atoms with Crippen LogP contribution in [0.1, 0.15) is 30.9 Å². The van der Waals surface area contributed by atoms with Crippen LogP contribution >= 0.6 is 0 Å². The van der Waals surface area contributed by atoms with E-state index in [4.69, 9.17) is 10.5 Å². The number of nitrogens with one attached hydrogen (secondary N) is 1. The molecule has 1 aromatic carbocycles. The first kappa shape index (κ1) is 12.7. The predicted octanol–water partition coefficient (Wildman–Crippen LogP) is 1.93. The summed E-state index contributed by atoms with van der Waals surface area (Å²) in [5.74, 6) is 0.618. The van der Waals surface area contributed by atoms with Crippen molar-refractivity contribution in [3.8, 4) is 5.75 Å². The minimum atomic E-state index is -0.494. The van der Waals surface area contributed by atoms with Gasteiger partial charge in [-0.25, -0.2) is 0 Å². The second-order valence-electron chi connectivity index (χ2n) is 5.02. The zero-order chi connectivity index (χ0) is 13.3. The van der Waals surface area contributed by atoms with Crippen molar-refractivity contribution in [1.82, 2.24) is 5.32 Å². The summed E-state index contributed by atoms with van der Waals surface area (Å²) in [7, 11) is 0. The summed E-state index contributed by atoms with van der Waals surface area (Å²) in [5, 5.41) is 2.92. The molecule has 0 aromatic heterocycles. The fourth-order valence-electron chi connectivity index (χ4n) is 1.77. The van der Waals surface area contributed by atoms with Crippen LogP contribution in [0.15, 0.2) is 12.1 Å². The first-order valence-corrected chi connectivity index (χ1v) is 6.31. The Morgan fingerprint density at radius 3 is 2.67 bits per heavy atom. The van der Waals surface area contributed by atoms with Crippen LogP contribution in [0.4, 0.5) is 5.69 Å². The number of aryl methyl sites for hydroxylation is 2. The molecule has 0 bridgehead atoms. The van der Waals surface area contributed by atoms with E-state index >= 15 is 0 Å². The van der Waals surface area contributed by atoms with Crippen molar-refractivity contribution in [2.75, 3.05) is 5.73 Å². The monoisotopic (exact) mass is 248 g/mol. The van der Waals surface area contributed by atoms with Crippen molar-refractivity contribution in [2.45, 2.75) is 45.8 Å². The van der Waals surface area contributed by atoms with Crippen LogP contribution < -0.4 is 15.8 Å². The van der Waals surface area contributed by atoms with Gasteiger partial charge in [-0.05, 0) is 44.7 Å². The SMILES string of the molecule is Cc1cc(C)c(OC(C)C(=O)NC2CC2)cc1N. The smallest absolute Gasteiger partial charge is 0.260 e. The number of hydrogen-bond acceptors (Lipinski definition) is 3. The summed E-state index contributed by atoms with van der Waals surface area (Å²) < 4.78 is 5.68. The van der Waals surface area contributed by atoms with E-state index in [1.165, 1.54) is 0 Å². The minimum Gasteiger partial charge on any atom is -0.481 e. The number of carbonyl (C=O) groups is 1. The van der Waals surface area contributed by atoms with E-state index in [9.17, 15) is 4.79 Å². The van der Waals surface area contributed by atoms with E-state index in [-0.39, 0.29) is 5.91 Å². The first-order valence-electron chi connectivity index (χ1n) is 6.31. The largest absolute Gasteiger partial charge is 0.481 e. The molecule has 4 heteroatoms. The van der Waals surface area contributed by atoms with Gasteiger partial charge in [0.05, 0.1) is 0 Å². The van der Waals surface area contributed by atoms with E-state index in [2.05, 4.69) is 5.32 Å². The second kappa shape index (κ2) is 4.88. The molecule has 3 N–H and O–H groups in total. The molecule has 2 rings (SSSR count). The number of amides is 1. The van der Waals surface area contributed by atoms with E-state index in [1.807, 2.05) is 19.9 Å². The fraction of sp³-hybridized carbons (Fsp3) is 0.500. The van der Waals surface area contributed by atoms with Crippen LogP contribution in [0.25, 0.3) is 0 Å². The molecule has 18 heavy (non-hydrogen) atoms. The molecule has 1 atom stereocenters. The average molecular weight is 248 g/mol. The molecule has 4 nitrogen and oxygen atoms in total. The number of rotatable bonds is 4. The molecule has 0 spiro atoms. The minimum absolute atomic E-state index is 0.0592. The molecule has 1 aliphatic rings. The molecule has 1 saturated carbocycles. The number of anilines is 1. The van der Waals surface area contributed by atoms with Crippen molar-refractivity contribution < 1.29 is 9.53 Å². The van der Waals surface area contributed by atoms with Gasteiger partial charge in [-0.3, -0.25) is 4.79 Å². The van der Waals surface area contributed by atoms with Gasteiger partial charge in [0.1, 0.15) is 5.75 Å². The maximum absolute atomic E-state index is 11.8. The van der Waals surface area contributed by atoms with Crippen LogP contribution in [0, 0.1) is 13.8 Å². The zero-order valence-electron chi connectivity index (χ0n) is 11.1. The Balaban J connectivity index is 2.03. The number of benzene rings is 1. The van der Waals surface area contributed by atoms with Crippen LogP contribution in [-0.2, 0) is 4.79 Å². The summed E-state index contributed by atoms with van der Waals surface area (Å²) >= 11 is 0. The molecule has 0 aliphatic heterocycles. The Bertz CT molecular complexity index is 467. The molecule has 0 saturated heterocycles. The van der Waals surface area contributed by atoms with Gasteiger partial charge < -0.3 is 15.8 Å². The molecule has 1 fully saturated rings. The van der Waals surface area contributed by atoms with Crippen molar-refractivity contribution in [2.24, 2.45) is 0 Å². The number of nitrogens with two attached hydrogens (primary N) is 1. The molecular weight excluding hydrogens is 228 g/mol. The number of hydrogen-bond donors (Lipinski definition) is 2. The summed E-state index contributed by atoms with van der Waals surface area (Å²) in [6.07, 6.45) is 1.66. The highest BCUT2D eigenvalue weighted by Gasteiger charge is 2.26. The van der Waals surface area contributed by atoms with E-state index < -0.39 is 6.10 Å². The number of nitrogen functional groups attached to an aromatic ring is 1. The van der Waals surface area contributed by atoms with E-state index in [0.29, 0.717) is 17.5 Å². The summed E-state index contributed by atoms with van der Waals surface area (Å²) in [6.45, 7) is 5.66. The third kappa shape index (κ3) is 2.94. The Kier molecular flexibility index (Phi) is 3.45. The van der Waals surface area contributed by atoms with Gasteiger partial charge in [-0.2, -0.15) is 0 Å².